The molecule has 0 saturated carbocycles. The average molecular weight is 707 g/mol. The van der Waals surface area contributed by atoms with Crippen molar-refractivity contribution in [1.29, 1.82) is 0 Å². The molecule has 0 aliphatic carbocycles. The van der Waals surface area contributed by atoms with Crippen LogP contribution in [0.25, 0.3) is 43.1 Å². The van der Waals surface area contributed by atoms with Crippen LogP contribution in [0.4, 0.5) is 39.5 Å². The zero-order chi connectivity index (χ0) is 36.4. The molecule has 15 heteroatoms. The summed E-state index contributed by atoms with van der Waals surface area (Å²) in [5.41, 5.74) is -7.99. The predicted molar refractivity (Wildman–Crippen MR) is 163 cm³/mol. The Morgan fingerprint density at radius 1 is 0.480 bits per heavy atom. The fourth-order valence-electron chi connectivity index (χ4n) is 7.37. The third-order valence-electron chi connectivity index (χ3n) is 9.50. The van der Waals surface area contributed by atoms with E-state index in [-0.39, 0.29) is 24.6 Å². The van der Waals surface area contributed by atoms with Crippen LogP contribution in [-0.2, 0) is 18.5 Å². The number of hydrogen-bond donors (Lipinski definition) is 0. The van der Waals surface area contributed by atoms with Crippen molar-refractivity contribution in [2.75, 3.05) is 13.1 Å². The number of hydrogen-bond acceptors (Lipinski definition) is 4. The van der Waals surface area contributed by atoms with Gasteiger partial charge in [0.25, 0.3) is 23.6 Å². The lowest BCUT2D eigenvalue weighted by Crippen LogP contribution is -2.42. The van der Waals surface area contributed by atoms with E-state index < -0.39 is 125 Å². The van der Waals surface area contributed by atoms with Crippen molar-refractivity contribution in [3.05, 3.63) is 69.3 Å². The van der Waals surface area contributed by atoms with Crippen molar-refractivity contribution in [1.82, 2.24) is 9.80 Å². The Morgan fingerprint density at radius 2 is 0.920 bits per heavy atom. The number of nitrogens with zero attached hydrogens (tertiary/aromatic N) is 2. The van der Waals surface area contributed by atoms with E-state index in [0.717, 1.165) is 17.0 Å². The maximum atomic E-state index is 15.0. The number of benzene rings is 5. The number of imide groups is 2. The molecule has 0 atom stereocenters. The fraction of sp³-hybridized carbons (Fsp3) is 0.314. The minimum absolute atomic E-state index is 0.113. The molecule has 0 saturated heterocycles. The zero-order valence-electron chi connectivity index (χ0n) is 26.1. The maximum Gasteiger partial charge on any atom is 0.417 e. The summed E-state index contributed by atoms with van der Waals surface area (Å²) in [5, 5.41) is -6.17. The first-order valence-electron chi connectivity index (χ1n) is 15.6. The van der Waals surface area contributed by atoms with Crippen molar-refractivity contribution in [3.63, 3.8) is 0 Å². The first-order chi connectivity index (χ1) is 23.3. The van der Waals surface area contributed by atoms with E-state index >= 15 is 26.3 Å². The van der Waals surface area contributed by atoms with Crippen molar-refractivity contribution in [2.45, 2.75) is 58.1 Å². The summed E-state index contributed by atoms with van der Waals surface area (Å²) in [4.78, 5) is 55.7. The van der Waals surface area contributed by atoms with Crippen LogP contribution >= 0.6 is 0 Å². The van der Waals surface area contributed by atoms with Crippen LogP contribution in [0.2, 0.25) is 0 Å². The normalized spacial score (nSPS) is 15.7. The molecule has 4 amide bonds. The highest BCUT2D eigenvalue weighted by molar-refractivity contribution is 6.42. The van der Waals surface area contributed by atoms with Gasteiger partial charge >= 0.3 is 18.5 Å². The zero-order valence-corrected chi connectivity index (χ0v) is 26.1. The molecule has 0 N–H and O–H groups in total. The van der Waals surface area contributed by atoms with E-state index in [1.807, 2.05) is 0 Å². The molecule has 0 fully saturated rings. The lowest BCUT2D eigenvalue weighted by molar-refractivity contribution is -0.138. The Kier molecular flexibility index (Phi) is 7.23. The number of fused-ring (bicyclic) bond motifs is 2. The molecule has 6 nitrogen and oxygen atoms in total. The van der Waals surface area contributed by atoms with Crippen molar-refractivity contribution in [3.8, 4) is 0 Å². The molecule has 0 aromatic heterocycles. The summed E-state index contributed by atoms with van der Waals surface area (Å²) in [5.74, 6) is -4.85. The molecule has 5 aromatic carbocycles. The number of amides is 4. The molecule has 50 heavy (non-hydrogen) atoms. The van der Waals surface area contributed by atoms with E-state index in [1.165, 1.54) is 0 Å². The van der Waals surface area contributed by atoms with Crippen LogP contribution < -0.4 is 0 Å². The summed E-state index contributed by atoms with van der Waals surface area (Å²) in [6.07, 6.45) is -14.9. The van der Waals surface area contributed by atoms with Gasteiger partial charge in [0.2, 0.25) is 0 Å². The van der Waals surface area contributed by atoms with Crippen LogP contribution in [0, 0.1) is 0 Å². The van der Waals surface area contributed by atoms with E-state index in [0.29, 0.717) is 36.3 Å². The van der Waals surface area contributed by atoms with Crippen molar-refractivity contribution >= 4 is 66.7 Å². The van der Waals surface area contributed by atoms with Crippen molar-refractivity contribution < 1.29 is 58.7 Å². The van der Waals surface area contributed by atoms with Gasteiger partial charge in [-0.3, -0.25) is 29.0 Å². The van der Waals surface area contributed by atoms with Crippen molar-refractivity contribution in [2.24, 2.45) is 0 Å². The molecule has 260 valence electrons. The van der Waals surface area contributed by atoms with Gasteiger partial charge in [0, 0.05) is 51.3 Å². The van der Waals surface area contributed by atoms with Gasteiger partial charge in [0.1, 0.15) is 0 Å². The van der Waals surface area contributed by atoms with Crippen LogP contribution in [-0.4, -0.2) is 46.5 Å². The summed E-state index contributed by atoms with van der Waals surface area (Å²) in [7, 11) is 0. The van der Waals surface area contributed by atoms with E-state index in [2.05, 4.69) is 0 Å². The number of carbonyl (C=O) groups is 4. The molecule has 7 rings (SSSR count). The van der Waals surface area contributed by atoms with Gasteiger partial charge in [-0.05, 0) is 58.7 Å². The highest BCUT2D eigenvalue weighted by Crippen LogP contribution is 2.54. The van der Waals surface area contributed by atoms with E-state index in [1.54, 1.807) is 13.8 Å². The largest absolute Gasteiger partial charge is 0.417 e. The Hall–Kier alpha value is -4.95. The molecule has 2 heterocycles. The average Bonchev–Trinajstić information content (AvgIpc) is 3.03. The Balaban J connectivity index is 1.80. The number of unbranched alkanes of at least 4 members (excludes halogenated alkanes) is 2. The summed E-state index contributed by atoms with van der Waals surface area (Å²) >= 11 is 0. The van der Waals surface area contributed by atoms with Crippen LogP contribution in [0.1, 0.15) is 97.7 Å². The molecule has 5 aromatic rings. The molecule has 0 bridgehead atoms. The maximum absolute atomic E-state index is 15.0. The minimum Gasteiger partial charge on any atom is -0.274 e. The lowest BCUT2D eigenvalue weighted by Gasteiger charge is -2.33. The molecule has 0 spiro atoms. The van der Waals surface area contributed by atoms with E-state index in [4.69, 9.17) is 0 Å². The van der Waals surface area contributed by atoms with Gasteiger partial charge < -0.3 is 0 Å². The molecule has 0 radical (unpaired) electrons. The highest BCUT2D eigenvalue weighted by Gasteiger charge is 2.47. The van der Waals surface area contributed by atoms with Crippen LogP contribution in [0.5, 0.6) is 0 Å². The Bertz CT molecular complexity index is 2360. The van der Waals surface area contributed by atoms with Gasteiger partial charge in [-0.15, -0.1) is 0 Å². The molecule has 2 aliphatic heterocycles. The fourth-order valence-corrected chi connectivity index (χ4v) is 7.37. The van der Waals surface area contributed by atoms with Gasteiger partial charge in [0.05, 0.1) is 22.3 Å². The Labute approximate surface area is 275 Å². The lowest BCUT2D eigenvalue weighted by atomic mass is 9.78. The predicted octanol–water partition coefficient (Wildman–Crippen LogP) is 9.59. The SMILES string of the molecule is CCCCN1C(=O)c2ccc3c4c(C(F)(F)F)cc5c6c(c(C(F)(F)F)cc(c7c(C(F)(F)F)cc(c2c37)C1=O)c64)C(=O)N(CCCC)C5=O. The number of alkyl halides is 9. The second kappa shape index (κ2) is 10.8. The number of rotatable bonds is 6. The second-order valence-corrected chi connectivity index (χ2v) is 12.4. The summed E-state index contributed by atoms with van der Waals surface area (Å²) < 4.78 is 135. The quantitative estimate of drug-likeness (QED) is 0.0763. The van der Waals surface area contributed by atoms with Gasteiger partial charge in [-0.1, -0.05) is 32.8 Å². The Morgan fingerprint density at radius 3 is 1.42 bits per heavy atom. The first-order valence-corrected chi connectivity index (χ1v) is 15.6. The van der Waals surface area contributed by atoms with Gasteiger partial charge in [-0.25, -0.2) is 0 Å². The number of halogens is 9. The number of carbonyl (C=O) groups excluding carboxylic acids is 4. The minimum atomic E-state index is -5.43. The van der Waals surface area contributed by atoms with Gasteiger partial charge in [-0.2, -0.15) is 39.5 Å². The molecule has 0 unspecified atom stereocenters. The standard InChI is InChI=1S/C35H23F9N2O4/c1-3-5-9-45-29(47)15-8-7-14-23-19(33(36,37)38)13-18-27-26(23)16(24-20(34(39,40)41)12-17(30(45)48)22(15)25(14)24)11-21(35(42,43)44)28(27)32(50)46(31(18)49)10-6-4-2/h7-8,11-13H,3-6,9-10H2,1-2H3. The van der Waals surface area contributed by atoms with E-state index in [9.17, 15) is 32.3 Å². The molecular formula is C35H23F9N2O4. The summed E-state index contributed by atoms with van der Waals surface area (Å²) in [6, 6.07) is 2.96. The third kappa shape index (κ3) is 4.50. The molecular weight excluding hydrogens is 683 g/mol. The topological polar surface area (TPSA) is 74.8 Å². The van der Waals surface area contributed by atoms with Crippen LogP contribution in [0.15, 0.2) is 30.3 Å². The third-order valence-corrected chi connectivity index (χ3v) is 9.50. The monoisotopic (exact) mass is 706 g/mol. The molecule has 2 aliphatic rings. The smallest absolute Gasteiger partial charge is 0.274 e. The highest BCUT2D eigenvalue weighted by atomic mass is 19.4. The summed E-state index contributed by atoms with van der Waals surface area (Å²) in [6.45, 7) is 2.81. The first kappa shape index (κ1) is 33.5. The second-order valence-electron chi connectivity index (χ2n) is 12.4. The van der Waals surface area contributed by atoms with Crippen LogP contribution in [0.3, 0.4) is 0 Å². The van der Waals surface area contributed by atoms with Gasteiger partial charge in [0.15, 0.2) is 0 Å².